The number of piperidine rings is 1. The van der Waals surface area contributed by atoms with E-state index in [0.717, 1.165) is 13.8 Å². The van der Waals surface area contributed by atoms with Gasteiger partial charge in [-0.3, -0.25) is 0 Å². The van der Waals surface area contributed by atoms with Gasteiger partial charge in [-0.05, 0) is 56.2 Å². The monoisotopic (exact) mass is 479 g/mol. The fourth-order valence-electron chi connectivity index (χ4n) is 2.75. The quantitative estimate of drug-likeness (QED) is 0.657. The molecular formula is C15H22IN5O3S. The number of hydrogen-bond acceptors (Lipinski definition) is 7. The number of amides is 1. The minimum atomic E-state index is -0.648. The van der Waals surface area contributed by atoms with E-state index < -0.39 is 17.2 Å². The number of anilines is 1. The molecule has 3 heterocycles. The van der Waals surface area contributed by atoms with Crippen LogP contribution in [0.2, 0.25) is 0 Å². The van der Waals surface area contributed by atoms with Crippen molar-refractivity contribution in [2.24, 2.45) is 0 Å². The molecule has 2 N–H and O–H groups in total. The van der Waals surface area contributed by atoms with Gasteiger partial charge in [0.2, 0.25) is 10.1 Å². The molecule has 1 fully saturated rings. The van der Waals surface area contributed by atoms with Crippen LogP contribution in [-0.2, 0) is 4.74 Å². The third kappa shape index (κ3) is 4.17. The lowest BCUT2D eigenvalue weighted by molar-refractivity contribution is 0.0364. The Morgan fingerprint density at radius 2 is 2.16 bits per heavy atom. The molecule has 1 saturated heterocycles. The Hall–Kier alpha value is -1.14. The molecule has 138 valence electrons. The fraction of sp³-hybridized carbons (Fsp3) is 0.667. The van der Waals surface area contributed by atoms with Crippen molar-refractivity contribution < 1.29 is 14.6 Å². The Kier molecular flexibility index (Phi) is 5.13. The van der Waals surface area contributed by atoms with Gasteiger partial charge >= 0.3 is 6.09 Å². The second-order valence-electron chi connectivity index (χ2n) is 7.21. The number of aliphatic hydroxyl groups excluding tert-OH is 1. The molecule has 3 rings (SSSR count). The zero-order chi connectivity index (χ0) is 18.2. The first-order valence-electron chi connectivity index (χ1n) is 8.08. The number of halogens is 1. The van der Waals surface area contributed by atoms with Gasteiger partial charge in [-0.2, -0.15) is 4.52 Å². The van der Waals surface area contributed by atoms with Crippen molar-refractivity contribution in [2.45, 2.75) is 44.8 Å². The summed E-state index contributed by atoms with van der Waals surface area (Å²) in [4.78, 5) is 19.4. The highest BCUT2D eigenvalue weighted by atomic mass is 127. The fourth-order valence-corrected chi connectivity index (χ4v) is 4.32. The molecule has 1 aliphatic heterocycles. The lowest BCUT2D eigenvalue weighted by Crippen LogP contribution is -2.58. The predicted octanol–water partition coefficient (Wildman–Crippen LogP) is 2.25. The van der Waals surface area contributed by atoms with E-state index in [-0.39, 0.29) is 6.61 Å². The van der Waals surface area contributed by atoms with Gasteiger partial charge < -0.3 is 20.1 Å². The molecular weight excluding hydrogens is 457 g/mol. The summed E-state index contributed by atoms with van der Waals surface area (Å²) in [5.41, 5.74) is -1.21. The number of carbonyl (C=O) groups is 1. The number of carbonyl (C=O) groups excluding carboxylic acids is 1. The molecule has 0 bridgehead atoms. The van der Waals surface area contributed by atoms with Crippen LogP contribution >= 0.6 is 33.9 Å². The van der Waals surface area contributed by atoms with Crippen molar-refractivity contribution in [2.75, 3.05) is 24.6 Å². The molecule has 2 aromatic rings. The van der Waals surface area contributed by atoms with Crippen LogP contribution in [0.4, 0.5) is 9.93 Å². The highest BCUT2D eigenvalue weighted by Crippen LogP contribution is 2.30. The van der Waals surface area contributed by atoms with Crippen molar-refractivity contribution in [3.05, 3.63) is 9.90 Å². The standard InChI is InChI=1S/C15H22IN5O3S/c1-14(2,3)24-13(23)18-15(9-22)4-6-20(7-5-15)12-19-21-10(16)8-17-11(21)25-12/h8,22H,4-7,9H2,1-3H3,(H,18,23). The Bertz CT molecular complexity index is 761. The Balaban J connectivity index is 1.65. The van der Waals surface area contributed by atoms with Gasteiger partial charge in [0.05, 0.1) is 18.3 Å². The minimum Gasteiger partial charge on any atom is -0.444 e. The van der Waals surface area contributed by atoms with Gasteiger partial charge in [-0.1, -0.05) is 11.3 Å². The van der Waals surface area contributed by atoms with Crippen molar-refractivity contribution in [1.82, 2.24) is 19.9 Å². The average molecular weight is 479 g/mol. The largest absolute Gasteiger partial charge is 0.444 e. The number of aromatic nitrogens is 3. The van der Waals surface area contributed by atoms with E-state index in [1.54, 1.807) is 17.5 Å². The number of nitrogens with one attached hydrogen (secondary N) is 1. The summed E-state index contributed by atoms with van der Waals surface area (Å²) >= 11 is 3.75. The number of fused-ring (bicyclic) bond motifs is 1. The molecule has 1 aliphatic rings. The van der Waals surface area contributed by atoms with E-state index in [0.29, 0.717) is 25.9 Å². The second kappa shape index (κ2) is 6.88. The van der Waals surface area contributed by atoms with Gasteiger partial charge in [-0.15, -0.1) is 5.10 Å². The third-order valence-corrected chi connectivity index (χ3v) is 5.81. The first kappa shape index (κ1) is 18.6. The summed E-state index contributed by atoms with van der Waals surface area (Å²) in [5.74, 6) is 0. The molecule has 0 radical (unpaired) electrons. The van der Waals surface area contributed by atoms with Crippen molar-refractivity contribution >= 4 is 50.1 Å². The van der Waals surface area contributed by atoms with Crippen molar-refractivity contribution in [3.8, 4) is 0 Å². The maximum Gasteiger partial charge on any atom is 0.408 e. The number of hydrogen-bond donors (Lipinski definition) is 2. The summed E-state index contributed by atoms with van der Waals surface area (Å²) < 4.78 is 8.13. The van der Waals surface area contributed by atoms with E-state index in [4.69, 9.17) is 4.74 Å². The van der Waals surface area contributed by atoms with Crippen LogP contribution < -0.4 is 10.2 Å². The highest BCUT2D eigenvalue weighted by Gasteiger charge is 2.37. The zero-order valence-corrected chi connectivity index (χ0v) is 17.4. The van der Waals surface area contributed by atoms with Crippen LogP contribution in [0, 0.1) is 3.70 Å². The topological polar surface area (TPSA) is 92.0 Å². The predicted molar refractivity (Wildman–Crippen MR) is 104 cm³/mol. The van der Waals surface area contributed by atoms with E-state index >= 15 is 0 Å². The van der Waals surface area contributed by atoms with Gasteiger partial charge in [0, 0.05) is 13.1 Å². The molecule has 0 aliphatic carbocycles. The smallest absolute Gasteiger partial charge is 0.408 e. The van der Waals surface area contributed by atoms with Crippen LogP contribution in [0.15, 0.2) is 6.20 Å². The maximum atomic E-state index is 12.1. The summed E-state index contributed by atoms with van der Waals surface area (Å²) in [7, 11) is 0. The molecule has 10 heteroatoms. The van der Waals surface area contributed by atoms with E-state index in [2.05, 4.69) is 42.9 Å². The van der Waals surface area contributed by atoms with Gasteiger partial charge in [0.25, 0.3) is 0 Å². The SMILES string of the molecule is CC(C)(C)OC(=O)NC1(CO)CCN(c2nn3c(I)cnc3s2)CC1. The molecule has 0 spiro atoms. The number of imidazole rings is 1. The zero-order valence-electron chi connectivity index (χ0n) is 14.5. The van der Waals surface area contributed by atoms with Crippen LogP contribution in [-0.4, -0.2) is 56.6 Å². The number of rotatable bonds is 3. The summed E-state index contributed by atoms with van der Waals surface area (Å²) in [6.07, 6.45) is 2.56. The molecule has 0 saturated carbocycles. The number of nitrogens with zero attached hydrogens (tertiary/aromatic N) is 4. The molecule has 25 heavy (non-hydrogen) atoms. The van der Waals surface area contributed by atoms with Crippen LogP contribution in [0.25, 0.3) is 4.96 Å². The van der Waals surface area contributed by atoms with Crippen LogP contribution in [0.1, 0.15) is 33.6 Å². The molecule has 0 unspecified atom stereocenters. The van der Waals surface area contributed by atoms with Crippen molar-refractivity contribution in [1.29, 1.82) is 0 Å². The minimum absolute atomic E-state index is 0.112. The molecule has 0 atom stereocenters. The number of ether oxygens (including phenoxy) is 1. The first-order valence-corrected chi connectivity index (χ1v) is 9.98. The Labute approximate surface area is 163 Å². The normalized spacial score (nSPS) is 17.7. The Morgan fingerprint density at radius 3 is 2.72 bits per heavy atom. The third-order valence-electron chi connectivity index (χ3n) is 4.09. The molecule has 8 nitrogen and oxygen atoms in total. The van der Waals surface area contributed by atoms with E-state index in [9.17, 15) is 9.90 Å². The average Bonchev–Trinajstić information content (AvgIpc) is 3.08. The molecule has 2 aromatic heterocycles. The first-order chi connectivity index (χ1) is 11.7. The van der Waals surface area contributed by atoms with Crippen LogP contribution in [0.3, 0.4) is 0 Å². The van der Waals surface area contributed by atoms with Crippen LogP contribution in [0.5, 0.6) is 0 Å². The maximum absolute atomic E-state index is 12.1. The van der Waals surface area contributed by atoms with Gasteiger partial charge in [0.1, 0.15) is 9.30 Å². The number of alkyl carbamates (subject to hydrolysis) is 1. The van der Waals surface area contributed by atoms with E-state index in [1.807, 2.05) is 25.3 Å². The summed E-state index contributed by atoms with van der Waals surface area (Å²) in [5, 5.41) is 18.2. The second-order valence-corrected chi connectivity index (χ2v) is 9.25. The lowest BCUT2D eigenvalue weighted by atomic mass is 9.88. The molecule has 0 aromatic carbocycles. The summed E-state index contributed by atoms with van der Waals surface area (Å²) in [6, 6.07) is 0. The van der Waals surface area contributed by atoms with E-state index in [1.165, 1.54) is 0 Å². The van der Waals surface area contributed by atoms with Gasteiger partial charge in [-0.25, -0.2) is 9.78 Å². The van der Waals surface area contributed by atoms with Gasteiger partial charge in [0.15, 0.2) is 0 Å². The highest BCUT2D eigenvalue weighted by molar-refractivity contribution is 14.1. The lowest BCUT2D eigenvalue weighted by Gasteiger charge is -2.41. The number of aliphatic hydroxyl groups is 1. The Morgan fingerprint density at radius 1 is 1.48 bits per heavy atom. The van der Waals surface area contributed by atoms with Crippen molar-refractivity contribution in [3.63, 3.8) is 0 Å². The molecule has 1 amide bonds. The summed E-state index contributed by atoms with van der Waals surface area (Å²) in [6.45, 7) is 6.75.